The Bertz CT molecular complexity index is 492. The Morgan fingerprint density at radius 2 is 1.68 bits per heavy atom. The Labute approximate surface area is 136 Å². The van der Waals surface area contributed by atoms with Gasteiger partial charge in [-0.1, -0.05) is 26.0 Å². The average Bonchev–Trinajstić information content (AvgIpc) is 2.68. The van der Waals surface area contributed by atoms with Crippen molar-refractivity contribution in [1.29, 1.82) is 0 Å². The van der Waals surface area contributed by atoms with E-state index in [-0.39, 0.29) is 5.41 Å². The molecule has 0 spiro atoms. The molecule has 0 aliphatic heterocycles. The van der Waals surface area contributed by atoms with Crippen LogP contribution in [-0.2, 0) is 0 Å². The molecule has 0 amide bonds. The Morgan fingerprint density at radius 3 is 2.45 bits per heavy atom. The molecule has 1 heteroatoms. The van der Waals surface area contributed by atoms with Crippen molar-refractivity contribution in [2.45, 2.75) is 84.2 Å². The topological polar surface area (TPSA) is 20.2 Å². The van der Waals surface area contributed by atoms with Crippen LogP contribution >= 0.6 is 0 Å². The van der Waals surface area contributed by atoms with Gasteiger partial charge in [0.05, 0.1) is 5.60 Å². The van der Waals surface area contributed by atoms with Crippen molar-refractivity contribution in [1.82, 2.24) is 0 Å². The molecule has 4 aliphatic carbocycles. The summed E-state index contributed by atoms with van der Waals surface area (Å²) in [5, 5.41) is 11.0. The fraction of sp³-hybridized carbons (Fsp3) is 0.905. The summed E-state index contributed by atoms with van der Waals surface area (Å²) in [5.74, 6) is 3.44. The zero-order chi connectivity index (χ0) is 15.8. The lowest BCUT2D eigenvalue weighted by atomic mass is 9.44. The van der Waals surface area contributed by atoms with Crippen LogP contribution < -0.4 is 0 Å². The van der Waals surface area contributed by atoms with E-state index < -0.39 is 5.60 Å². The number of hydrogen-bond donors (Lipinski definition) is 1. The lowest BCUT2D eigenvalue weighted by Gasteiger charge is -2.61. The zero-order valence-electron chi connectivity index (χ0n) is 14.8. The van der Waals surface area contributed by atoms with Crippen LogP contribution in [0.15, 0.2) is 12.2 Å². The summed E-state index contributed by atoms with van der Waals surface area (Å²) >= 11 is 0. The molecule has 4 rings (SSSR count). The molecule has 4 aliphatic rings. The molecule has 0 unspecified atom stereocenters. The van der Waals surface area contributed by atoms with E-state index in [2.05, 4.69) is 27.4 Å². The third-order valence-electron chi connectivity index (χ3n) is 9.10. The number of hydrogen-bond acceptors (Lipinski definition) is 1. The molecule has 4 saturated carbocycles. The second kappa shape index (κ2) is 4.62. The van der Waals surface area contributed by atoms with Gasteiger partial charge in [0.1, 0.15) is 0 Å². The number of fused-ring (bicyclic) bond motifs is 5. The van der Waals surface area contributed by atoms with Crippen LogP contribution in [0, 0.1) is 34.5 Å². The van der Waals surface area contributed by atoms with Crippen molar-refractivity contribution in [3.8, 4) is 0 Å². The van der Waals surface area contributed by atoms with E-state index in [1.165, 1.54) is 56.9 Å². The van der Waals surface area contributed by atoms with E-state index in [4.69, 9.17) is 0 Å². The van der Waals surface area contributed by atoms with Gasteiger partial charge in [-0.3, -0.25) is 0 Å². The first kappa shape index (κ1) is 15.2. The monoisotopic (exact) mass is 302 g/mol. The molecule has 1 nitrogen and oxygen atoms in total. The van der Waals surface area contributed by atoms with Gasteiger partial charge in [0, 0.05) is 0 Å². The molecule has 0 aromatic rings. The summed E-state index contributed by atoms with van der Waals surface area (Å²) in [6.07, 6.45) is 11.6. The Morgan fingerprint density at radius 1 is 0.955 bits per heavy atom. The van der Waals surface area contributed by atoms with Crippen molar-refractivity contribution in [3.05, 3.63) is 12.2 Å². The molecule has 7 atom stereocenters. The SMILES string of the molecule is C=C1CC[C@@H]2CC[C@@H]3[C@H](CC[C@]4(C)[C@H]3CC[C@]4(C)O)[C@]2(C)C1. The maximum absolute atomic E-state index is 11.0. The van der Waals surface area contributed by atoms with Gasteiger partial charge < -0.3 is 5.11 Å². The van der Waals surface area contributed by atoms with Crippen molar-refractivity contribution in [2.75, 3.05) is 0 Å². The highest BCUT2D eigenvalue weighted by Gasteiger charge is 2.62. The molecule has 0 aromatic heterocycles. The maximum atomic E-state index is 11.0. The molecular formula is C21H34O. The van der Waals surface area contributed by atoms with Crippen LogP contribution in [0.3, 0.4) is 0 Å². The Balaban J connectivity index is 1.67. The summed E-state index contributed by atoms with van der Waals surface area (Å²) in [4.78, 5) is 0. The predicted octanol–water partition coefficient (Wildman–Crippen LogP) is 5.34. The first-order valence-corrected chi connectivity index (χ1v) is 9.67. The van der Waals surface area contributed by atoms with Crippen LogP contribution in [0.25, 0.3) is 0 Å². The van der Waals surface area contributed by atoms with Gasteiger partial charge in [0.2, 0.25) is 0 Å². The summed E-state index contributed by atoms with van der Waals surface area (Å²) in [6.45, 7) is 11.5. The lowest BCUT2D eigenvalue weighted by molar-refractivity contribution is -0.141. The number of rotatable bonds is 0. The van der Waals surface area contributed by atoms with Crippen molar-refractivity contribution >= 4 is 0 Å². The van der Waals surface area contributed by atoms with Gasteiger partial charge in [-0.05, 0) is 99.2 Å². The first-order chi connectivity index (χ1) is 10.3. The number of allylic oxidation sites excluding steroid dienone is 1. The highest BCUT2D eigenvalue weighted by molar-refractivity contribution is 5.16. The van der Waals surface area contributed by atoms with E-state index in [1.807, 2.05) is 0 Å². The van der Waals surface area contributed by atoms with E-state index >= 15 is 0 Å². The summed E-state index contributed by atoms with van der Waals surface area (Å²) in [5.41, 5.74) is 1.75. The van der Waals surface area contributed by atoms with E-state index in [0.29, 0.717) is 5.41 Å². The normalized spacial score (nSPS) is 57.9. The fourth-order valence-corrected chi connectivity index (χ4v) is 7.53. The number of aliphatic hydroxyl groups is 1. The first-order valence-electron chi connectivity index (χ1n) is 9.67. The molecular weight excluding hydrogens is 268 g/mol. The maximum Gasteiger partial charge on any atom is 0.0675 e. The Kier molecular flexibility index (Phi) is 3.20. The van der Waals surface area contributed by atoms with E-state index in [1.54, 1.807) is 0 Å². The van der Waals surface area contributed by atoms with Crippen molar-refractivity contribution in [3.63, 3.8) is 0 Å². The third-order valence-corrected chi connectivity index (χ3v) is 9.10. The van der Waals surface area contributed by atoms with E-state index in [9.17, 15) is 5.11 Å². The molecule has 1 N–H and O–H groups in total. The largest absolute Gasteiger partial charge is 0.390 e. The summed E-state index contributed by atoms with van der Waals surface area (Å²) < 4.78 is 0. The molecule has 0 bridgehead atoms. The molecule has 22 heavy (non-hydrogen) atoms. The molecule has 0 heterocycles. The van der Waals surface area contributed by atoms with E-state index in [0.717, 1.165) is 30.1 Å². The van der Waals surface area contributed by atoms with Gasteiger partial charge in [-0.2, -0.15) is 0 Å². The van der Waals surface area contributed by atoms with Crippen molar-refractivity contribution < 1.29 is 5.11 Å². The Hall–Kier alpha value is -0.300. The zero-order valence-corrected chi connectivity index (χ0v) is 14.8. The minimum Gasteiger partial charge on any atom is -0.390 e. The van der Waals surface area contributed by atoms with Crippen LogP contribution in [0.1, 0.15) is 78.6 Å². The van der Waals surface area contributed by atoms with Crippen LogP contribution in [0.2, 0.25) is 0 Å². The molecule has 4 fully saturated rings. The van der Waals surface area contributed by atoms with Crippen LogP contribution in [-0.4, -0.2) is 10.7 Å². The predicted molar refractivity (Wildman–Crippen MR) is 91.5 cm³/mol. The van der Waals surface area contributed by atoms with Gasteiger partial charge in [0.25, 0.3) is 0 Å². The van der Waals surface area contributed by atoms with Crippen LogP contribution in [0.4, 0.5) is 0 Å². The molecule has 0 aromatic carbocycles. The van der Waals surface area contributed by atoms with Gasteiger partial charge in [-0.25, -0.2) is 0 Å². The third kappa shape index (κ3) is 1.81. The summed E-state index contributed by atoms with van der Waals surface area (Å²) in [6, 6.07) is 0. The standard InChI is InChI=1S/C21H34O/c1-14-5-6-15-7-8-16-17(19(15,2)13-14)9-11-20(3)18(16)10-12-21(20,4)22/h15-18,22H,1,5-13H2,2-4H3/t15-,16-,17+,18+,19-,20-,21+/m1/s1. The quantitative estimate of drug-likeness (QED) is 0.599. The molecule has 0 saturated heterocycles. The highest BCUT2D eigenvalue weighted by atomic mass is 16.3. The second-order valence-corrected chi connectivity index (χ2v) is 9.89. The summed E-state index contributed by atoms with van der Waals surface area (Å²) in [7, 11) is 0. The minimum atomic E-state index is -0.434. The minimum absolute atomic E-state index is 0.170. The molecule has 0 radical (unpaired) electrons. The average molecular weight is 303 g/mol. The van der Waals surface area contributed by atoms with Crippen molar-refractivity contribution in [2.24, 2.45) is 34.5 Å². The fourth-order valence-electron chi connectivity index (χ4n) is 7.53. The van der Waals surface area contributed by atoms with Gasteiger partial charge in [-0.15, -0.1) is 0 Å². The molecule has 124 valence electrons. The van der Waals surface area contributed by atoms with Gasteiger partial charge in [0.15, 0.2) is 0 Å². The second-order valence-electron chi connectivity index (χ2n) is 9.89. The highest BCUT2D eigenvalue weighted by Crippen LogP contribution is 2.68. The van der Waals surface area contributed by atoms with Gasteiger partial charge >= 0.3 is 0 Å². The van der Waals surface area contributed by atoms with Crippen LogP contribution in [0.5, 0.6) is 0 Å². The lowest BCUT2D eigenvalue weighted by Crippen LogP contribution is -2.55. The smallest absolute Gasteiger partial charge is 0.0675 e.